The second kappa shape index (κ2) is 6.80. The minimum Gasteiger partial charge on any atom is -0.329 e. The van der Waals surface area contributed by atoms with Crippen LogP contribution < -0.4 is 0 Å². The Labute approximate surface area is 160 Å². The van der Waals surface area contributed by atoms with Crippen LogP contribution in [0.2, 0.25) is 0 Å². The molecule has 2 aliphatic rings. The van der Waals surface area contributed by atoms with Crippen LogP contribution >= 0.6 is 11.5 Å². The Bertz CT molecular complexity index is 938. The molecule has 1 saturated carbocycles. The zero-order valence-electron chi connectivity index (χ0n) is 14.8. The molecule has 7 nitrogen and oxygen atoms in total. The molecule has 27 heavy (non-hydrogen) atoms. The lowest BCUT2D eigenvalue weighted by Crippen LogP contribution is -2.54. The minimum absolute atomic E-state index is 0.103. The topological polar surface area (TPSA) is 97.0 Å². The van der Waals surface area contributed by atoms with Crippen LogP contribution in [-0.4, -0.2) is 56.4 Å². The Morgan fingerprint density at radius 2 is 2.11 bits per heavy atom. The van der Waals surface area contributed by atoms with Gasteiger partial charge in [-0.1, -0.05) is 0 Å². The van der Waals surface area contributed by atoms with Crippen LogP contribution in [0.3, 0.4) is 0 Å². The Morgan fingerprint density at radius 1 is 1.33 bits per heavy atom. The van der Waals surface area contributed by atoms with E-state index >= 15 is 0 Å². The van der Waals surface area contributed by atoms with Gasteiger partial charge in [-0.3, -0.25) is 15.6 Å². The Kier molecular flexibility index (Phi) is 4.47. The Hall–Kier alpha value is -2.68. The van der Waals surface area contributed by atoms with Gasteiger partial charge >= 0.3 is 0 Å². The van der Waals surface area contributed by atoms with Gasteiger partial charge in [-0.2, -0.15) is 4.37 Å². The van der Waals surface area contributed by atoms with Crippen molar-refractivity contribution in [2.75, 3.05) is 19.6 Å². The maximum Gasteiger partial charge on any atom is 0.254 e. The number of amidine groups is 2. The molecular weight excluding hydrogens is 367 g/mol. The number of nitrogens with zero attached hydrogens (tertiary/aromatic N) is 4. The summed E-state index contributed by atoms with van der Waals surface area (Å²) in [6.07, 6.45) is 2.20. The van der Waals surface area contributed by atoms with Crippen LogP contribution in [0.5, 0.6) is 0 Å². The normalized spacial score (nSPS) is 17.3. The molecule has 9 heteroatoms. The average Bonchev–Trinajstić information content (AvgIpc) is 3.37. The predicted octanol–water partition coefficient (Wildman–Crippen LogP) is 2.62. The Balaban J connectivity index is 1.44. The van der Waals surface area contributed by atoms with Gasteiger partial charge in [-0.15, -0.1) is 0 Å². The summed E-state index contributed by atoms with van der Waals surface area (Å²) in [5.74, 6) is 0.951. The maximum absolute atomic E-state index is 13.3. The van der Waals surface area contributed by atoms with E-state index in [4.69, 9.17) is 10.8 Å². The van der Waals surface area contributed by atoms with E-state index in [1.807, 2.05) is 0 Å². The van der Waals surface area contributed by atoms with Crippen LogP contribution in [-0.2, 0) is 0 Å². The van der Waals surface area contributed by atoms with Crippen molar-refractivity contribution in [2.24, 2.45) is 0 Å². The van der Waals surface area contributed by atoms with Crippen molar-refractivity contribution >= 4 is 29.1 Å². The molecule has 1 aromatic carbocycles. The number of halogens is 1. The highest BCUT2D eigenvalue weighted by molar-refractivity contribution is 7.07. The number of carbonyl (C=O) groups excluding carboxylic acids is 1. The smallest absolute Gasteiger partial charge is 0.254 e. The fourth-order valence-corrected chi connectivity index (χ4v) is 3.81. The lowest BCUT2D eigenvalue weighted by molar-refractivity contribution is 0.0756. The van der Waals surface area contributed by atoms with Gasteiger partial charge in [0.15, 0.2) is 10.8 Å². The van der Waals surface area contributed by atoms with Gasteiger partial charge in [0.1, 0.15) is 17.5 Å². The number of benzene rings is 1. The average molecular weight is 386 g/mol. The highest BCUT2D eigenvalue weighted by Crippen LogP contribution is 2.38. The minimum atomic E-state index is -0.377. The molecule has 2 N–H and O–H groups in total. The molecule has 0 radical (unpaired) electrons. The fourth-order valence-electron chi connectivity index (χ4n) is 3.11. The molecule has 4 rings (SSSR count). The van der Waals surface area contributed by atoms with E-state index in [-0.39, 0.29) is 29.9 Å². The second-order valence-electron chi connectivity index (χ2n) is 6.86. The van der Waals surface area contributed by atoms with Crippen molar-refractivity contribution in [2.45, 2.75) is 25.7 Å². The second-order valence-corrected chi connectivity index (χ2v) is 7.62. The number of rotatable bonds is 3. The summed E-state index contributed by atoms with van der Waals surface area (Å²) in [6.45, 7) is 2.53. The van der Waals surface area contributed by atoms with Gasteiger partial charge in [0.05, 0.1) is 6.54 Å². The lowest BCUT2D eigenvalue weighted by Gasteiger charge is -2.36. The number of aromatic nitrogens is 2. The number of aryl methyl sites for hydroxylation is 1. The molecule has 0 unspecified atom stereocenters. The van der Waals surface area contributed by atoms with E-state index < -0.39 is 0 Å². The van der Waals surface area contributed by atoms with Crippen molar-refractivity contribution in [3.05, 3.63) is 46.0 Å². The third-order valence-electron chi connectivity index (χ3n) is 4.82. The highest BCUT2D eigenvalue weighted by Gasteiger charge is 2.32. The van der Waals surface area contributed by atoms with Gasteiger partial charge in [-0.25, -0.2) is 9.37 Å². The monoisotopic (exact) mass is 386 g/mol. The van der Waals surface area contributed by atoms with Crippen LogP contribution in [0.1, 0.15) is 45.5 Å². The number of nitrogens with one attached hydrogen (secondary N) is 2. The zero-order chi connectivity index (χ0) is 19.1. The summed E-state index contributed by atoms with van der Waals surface area (Å²) in [5.41, 5.74) is 1.01. The number of carbonyl (C=O) groups is 1. The van der Waals surface area contributed by atoms with Crippen molar-refractivity contribution in [1.82, 2.24) is 19.2 Å². The molecule has 1 aromatic heterocycles. The van der Waals surface area contributed by atoms with Crippen molar-refractivity contribution in [3.63, 3.8) is 0 Å². The molecule has 2 heterocycles. The van der Waals surface area contributed by atoms with Crippen molar-refractivity contribution < 1.29 is 9.18 Å². The molecule has 1 saturated heterocycles. The molecule has 2 fully saturated rings. The fraction of sp³-hybridized carbons (Fsp3) is 0.389. The molecule has 0 atom stereocenters. The van der Waals surface area contributed by atoms with E-state index in [0.717, 1.165) is 18.7 Å². The first-order valence-electron chi connectivity index (χ1n) is 8.77. The van der Waals surface area contributed by atoms with E-state index in [1.54, 1.807) is 16.7 Å². The first-order valence-corrected chi connectivity index (χ1v) is 9.54. The van der Waals surface area contributed by atoms with Gasteiger partial charge < -0.3 is 9.80 Å². The van der Waals surface area contributed by atoms with E-state index in [2.05, 4.69) is 9.36 Å². The van der Waals surface area contributed by atoms with E-state index in [0.29, 0.717) is 35.1 Å². The summed E-state index contributed by atoms with van der Waals surface area (Å²) >= 11 is 1.19. The lowest BCUT2D eigenvalue weighted by atomic mass is 10.1. The summed E-state index contributed by atoms with van der Waals surface area (Å²) < 4.78 is 17.6. The SMILES string of the molecule is Cc1cc(F)ccc1C(=O)N1CCN(C(=N)c2nc(C3CC3)ns2)C(=N)C1. The maximum atomic E-state index is 13.3. The van der Waals surface area contributed by atoms with E-state index in [9.17, 15) is 9.18 Å². The molecule has 0 bridgehead atoms. The number of piperazine rings is 1. The summed E-state index contributed by atoms with van der Waals surface area (Å²) in [4.78, 5) is 20.3. The number of amides is 1. The quantitative estimate of drug-likeness (QED) is 0.626. The Morgan fingerprint density at radius 3 is 2.78 bits per heavy atom. The first kappa shape index (κ1) is 17.7. The number of hydrogen-bond donors (Lipinski definition) is 2. The molecule has 2 aromatic rings. The van der Waals surface area contributed by atoms with Crippen LogP contribution in [0.15, 0.2) is 18.2 Å². The predicted molar refractivity (Wildman–Crippen MR) is 100 cm³/mol. The standard InChI is InChI=1S/C18H19FN6OS/c1-10-8-12(19)4-5-13(10)18(26)24-6-7-25(14(20)9-24)15(21)17-22-16(23-27-17)11-2-3-11/h4-5,8,11,20-21H,2-3,6-7,9H2,1H3. The number of hydrogen-bond acceptors (Lipinski definition) is 6. The summed E-state index contributed by atoms with van der Waals surface area (Å²) in [7, 11) is 0. The van der Waals surface area contributed by atoms with Crippen LogP contribution in [0.4, 0.5) is 4.39 Å². The van der Waals surface area contributed by atoms with Gasteiger partial charge in [-0.05, 0) is 55.1 Å². The van der Waals surface area contributed by atoms with Crippen LogP contribution in [0.25, 0.3) is 0 Å². The zero-order valence-corrected chi connectivity index (χ0v) is 15.6. The molecule has 1 amide bonds. The molecular formula is C18H19FN6OS. The summed E-state index contributed by atoms with van der Waals surface area (Å²) in [5, 5.41) is 17.2. The summed E-state index contributed by atoms with van der Waals surface area (Å²) in [6, 6.07) is 4.08. The third-order valence-corrected chi connectivity index (χ3v) is 5.56. The first-order chi connectivity index (χ1) is 12.9. The molecule has 0 spiro atoms. The highest BCUT2D eigenvalue weighted by atomic mass is 32.1. The molecule has 1 aliphatic heterocycles. The van der Waals surface area contributed by atoms with Crippen molar-refractivity contribution in [1.29, 1.82) is 10.8 Å². The van der Waals surface area contributed by atoms with Crippen LogP contribution in [0, 0.1) is 23.6 Å². The van der Waals surface area contributed by atoms with Gasteiger partial charge in [0.2, 0.25) is 0 Å². The van der Waals surface area contributed by atoms with Gasteiger partial charge in [0, 0.05) is 24.6 Å². The van der Waals surface area contributed by atoms with Crippen molar-refractivity contribution in [3.8, 4) is 0 Å². The van der Waals surface area contributed by atoms with E-state index in [1.165, 1.54) is 29.7 Å². The largest absolute Gasteiger partial charge is 0.329 e. The molecule has 140 valence electrons. The molecule has 1 aliphatic carbocycles. The van der Waals surface area contributed by atoms with Gasteiger partial charge in [0.25, 0.3) is 5.91 Å². The third kappa shape index (κ3) is 3.46.